The van der Waals surface area contributed by atoms with Crippen molar-refractivity contribution < 1.29 is 18.3 Å². The molecule has 0 fully saturated rings. The second-order valence-electron chi connectivity index (χ2n) is 8.47. The van der Waals surface area contributed by atoms with Crippen LogP contribution in [0.25, 0.3) is 12.2 Å². The predicted octanol–water partition coefficient (Wildman–Crippen LogP) is 7.57. The first-order valence-electron chi connectivity index (χ1n) is 11.5. The van der Waals surface area contributed by atoms with Gasteiger partial charge in [0.15, 0.2) is 0 Å². The SMILES string of the molecule is CC(Cc1ccc(/C=C/c2ccc(C(=O)Oc3ccc(C#N)c(F)c3)cc2)c(F)c1)c1ccccc1. The van der Waals surface area contributed by atoms with Gasteiger partial charge < -0.3 is 4.74 Å². The number of nitriles is 1. The number of benzene rings is 4. The molecule has 36 heavy (non-hydrogen) atoms. The van der Waals surface area contributed by atoms with Crippen LogP contribution >= 0.6 is 0 Å². The predicted molar refractivity (Wildman–Crippen MR) is 136 cm³/mol. The van der Waals surface area contributed by atoms with Gasteiger partial charge in [-0.3, -0.25) is 0 Å². The fraction of sp³-hybridized carbons (Fsp3) is 0.0968. The Labute approximate surface area is 208 Å². The highest BCUT2D eigenvalue weighted by Crippen LogP contribution is 2.23. The Morgan fingerprint density at radius 1 is 0.917 bits per heavy atom. The molecule has 178 valence electrons. The van der Waals surface area contributed by atoms with Gasteiger partial charge in [-0.15, -0.1) is 0 Å². The van der Waals surface area contributed by atoms with E-state index < -0.39 is 11.8 Å². The minimum Gasteiger partial charge on any atom is -0.423 e. The van der Waals surface area contributed by atoms with Crippen molar-refractivity contribution >= 4 is 18.1 Å². The molecule has 0 saturated carbocycles. The first-order valence-corrected chi connectivity index (χ1v) is 11.5. The number of esters is 1. The average molecular weight is 480 g/mol. The molecule has 0 saturated heterocycles. The van der Waals surface area contributed by atoms with E-state index in [0.717, 1.165) is 23.6 Å². The van der Waals surface area contributed by atoms with Crippen LogP contribution in [0.15, 0.2) is 91.0 Å². The molecule has 0 aliphatic carbocycles. The van der Waals surface area contributed by atoms with Gasteiger partial charge >= 0.3 is 5.97 Å². The Morgan fingerprint density at radius 2 is 1.67 bits per heavy atom. The number of rotatable bonds is 7. The summed E-state index contributed by atoms with van der Waals surface area (Å²) in [4.78, 5) is 12.3. The molecule has 0 amide bonds. The second-order valence-corrected chi connectivity index (χ2v) is 8.47. The molecule has 0 radical (unpaired) electrons. The minimum absolute atomic E-state index is 0.0116. The third kappa shape index (κ3) is 6.11. The van der Waals surface area contributed by atoms with E-state index in [4.69, 9.17) is 10.00 Å². The van der Waals surface area contributed by atoms with Crippen molar-refractivity contribution in [1.82, 2.24) is 0 Å². The van der Waals surface area contributed by atoms with Gasteiger partial charge in [0.1, 0.15) is 23.5 Å². The van der Waals surface area contributed by atoms with Gasteiger partial charge in [-0.1, -0.05) is 73.7 Å². The highest BCUT2D eigenvalue weighted by molar-refractivity contribution is 5.91. The van der Waals surface area contributed by atoms with Crippen LogP contribution in [0.4, 0.5) is 8.78 Å². The van der Waals surface area contributed by atoms with Gasteiger partial charge in [-0.25, -0.2) is 13.6 Å². The molecule has 3 nitrogen and oxygen atoms in total. The van der Waals surface area contributed by atoms with Gasteiger partial charge in [-0.05, 0) is 59.4 Å². The van der Waals surface area contributed by atoms with Gasteiger partial charge in [0, 0.05) is 11.6 Å². The minimum atomic E-state index is -0.755. The molecule has 0 aliphatic rings. The van der Waals surface area contributed by atoms with Crippen LogP contribution in [0.5, 0.6) is 5.75 Å². The van der Waals surface area contributed by atoms with Crippen LogP contribution in [-0.2, 0) is 6.42 Å². The maximum atomic E-state index is 14.7. The summed E-state index contributed by atoms with van der Waals surface area (Å²) in [6, 6.07) is 27.3. The summed E-state index contributed by atoms with van der Waals surface area (Å²) in [5, 5.41) is 8.79. The maximum Gasteiger partial charge on any atom is 0.343 e. The topological polar surface area (TPSA) is 50.1 Å². The molecular formula is C31H23F2NO2. The van der Waals surface area contributed by atoms with E-state index in [-0.39, 0.29) is 28.6 Å². The number of hydrogen-bond donors (Lipinski definition) is 0. The third-order valence-electron chi connectivity index (χ3n) is 5.85. The summed E-state index contributed by atoms with van der Waals surface area (Å²) in [7, 11) is 0. The van der Waals surface area contributed by atoms with Crippen molar-refractivity contribution in [3.8, 4) is 11.8 Å². The van der Waals surface area contributed by atoms with Gasteiger partial charge in [0.25, 0.3) is 0 Å². The normalized spacial score (nSPS) is 11.7. The smallest absolute Gasteiger partial charge is 0.343 e. The molecule has 5 heteroatoms. The summed E-state index contributed by atoms with van der Waals surface area (Å²) in [5.41, 5.74) is 3.55. The largest absolute Gasteiger partial charge is 0.423 e. The average Bonchev–Trinajstić information content (AvgIpc) is 2.89. The van der Waals surface area contributed by atoms with E-state index in [1.807, 2.05) is 24.3 Å². The van der Waals surface area contributed by atoms with E-state index in [1.54, 1.807) is 54.6 Å². The molecular weight excluding hydrogens is 456 g/mol. The first kappa shape index (κ1) is 24.6. The number of carbonyl (C=O) groups excluding carboxylic acids is 1. The van der Waals surface area contributed by atoms with E-state index in [2.05, 4.69) is 19.1 Å². The quantitative estimate of drug-likeness (QED) is 0.156. The van der Waals surface area contributed by atoms with Crippen LogP contribution in [0.2, 0.25) is 0 Å². The monoisotopic (exact) mass is 479 g/mol. The lowest BCUT2D eigenvalue weighted by atomic mass is 9.93. The van der Waals surface area contributed by atoms with Crippen LogP contribution in [0, 0.1) is 23.0 Å². The number of hydrogen-bond acceptors (Lipinski definition) is 3. The zero-order valence-electron chi connectivity index (χ0n) is 19.6. The molecule has 0 N–H and O–H groups in total. The summed E-state index contributed by atoms with van der Waals surface area (Å²) in [6.45, 7) is 2.13. The van der Waals surface area contributed by atoms with Gasteiger partial charge in [-0.2, -0.15) is 5.26 Å². The molecule has 0 bridgehead atoms. The highest BCUT2D eigenvalue weighted by atomic mass is 19.1. The lowest BCUT2D eigenvalue weighted by molar-refractivity contribution is 0.0734. The number of halogens is 2. The molecule has 1 atom stereocenters. The first-order chi connectivity index (χ1) is 17.4. The standard InChI is InChI=1S/C31H23F2NO2/c1-21(24-5-3-2-4-6-24)17-23-10-12-25(29(32)18-23)11-7-22-8-13-26(14-9-22)31(35)36-28-16-15-27(20-34)30(33)19-28/h2-16,18-19,21H,17H2,1H3/b11-7+. The maximum absolute atomic E-state index is 14.7. The number of carbonyl (C=O) groups is 1. The zero-order valence-corrected chi connectivity index (χ0v) is 19.6. The summed E-state index contributed by atoms with van der Waals surface area (Å²) in [6.07, 6.45) is 4.19. The number of nitrogens with zero attached hydrogens (tertiary/aromatic N) is 1. The van der Waals surface area contributed by atoms with E-state index in [9.17, 15) is 13.6 Å². The molecule has 4 aromatic carbocycles. The van der Waals surface area contributed by atoms with Crippen LogP contribution in [0.1, 0.15) is 51.0 Å². The van der Waals surface area contributed by atoms with Crippen molar-refractivity contribution in [3.05, 3.63) is 136 Å². The van der Waals surface area contributed by atoms with Crippen LogP contribution in [0.3, 0.4) is 0 Å². The molecule has 0 heterocycles. The van der Waals surface area contributed by atoms with E-state index in [1.165, 1.54) is 17.7 Å². The van der Waals surface area contributed by atoms with Gasteiger partial charge in [0.2, 0.25) is 0 Å². The fourth-order valence-corrected chi connectivity index (χ4v) is 3.82. The highest BCUT2D eigenvalue weighted by Gasteiger charge is 2.11. The van der Waals surface area contributed by atoms with Crippen LogP contribution < -0.4 is 4.74 Å². The van der Waals surface area contributed by atoms with E-state index in [0.29, 0.717) is 5.56 Å². The second kappa shape index (κ2) is 11.2. The van der Waals surface area contributed by atoms with Gasteiger partial charge in [0.05, 0.1) is 11.1 Å². The zero-order chi connectivity index (χ0) is 25.5. The Hall–Kier alpha value is -4.56. The van der Waals surface area contributed by atoms with Crippen LogP contribution in [-0.4, -0.2) is 5.97 Å². The van der Waals surface area contributed by atoms with Crippen molar-refractivity contribution in [2.75, 3.05) is 0 Å². The summed E-state index contributed by atoms with van der Waals surface area (Å²) in [5.74, 6) is -1.40. The van der Waals surface area contributed by atoms with Crippen molar-refractivity contribution in [3.63, 3.8) is 0 Å². The van der Waals surface area contributed by atoms with Crippen molar-refractivity contribution in [2.45, 2.75) is 19.3 Å². The molecule has 0 aromatic heterocycles. The lowest BCUT2D eigenvalue weighted by Gasteiger charge is -2.12. The summed E-state index contributed by atoms with van der Waals surface area (Å²) >= 11 is 0. The number of ether oxygens (including phenoxy) is 1. The third-order valence-corrected chi connectivity index (χ3v) is 5.85. The summed E-state index contributed by atoms with van der Waals surface area (Å²) < 4.78 is 33.6. The Morgan fingerprint density at radius 3 is 2.33 bits per heavy atom. The molecule has 4 rings (SSSR count). The molecule has 1 unspecified atom stereocenters. The fourth-order valence-electron chi connectivity index (χ4n) is 3.82. The molecule has 0 spiro atoms. The molecule has 0 aliphatic heterocycles. The lowest BCUT2D eigenvalue weighted by Crippen LogP contribution is -2.08. The van der Waals surface area contributed by atoms with Crippen molar-refractivity contribution in [2.24, 2.45) is 0 Å². The Bertz CT molecular complexity index is 1440. The Kier molecular flexibility index (Phi) is 7.67. The van der Waals surface area contributed by atoms with E-state index >= 15 is 0 Å². The Balaban J connectivity index is 1.38. The van der Waals surface area contributed by atoms with Crippen molar-refractivity contribution in [1.29, 1.82) is 5.26 Å². The molecule has 4 aromatic rings.